The second kappa shape index (κ2) is 71.6. The summed E-state index contributed by atoms with van der Waals surface area (Å²) in [5, 5.41) is 10.6. The van der Waals surface area contributed by atoms with Gasteiger partial charge >= 0.3 is 39.5 Å². The maximum absolute atomic E-state index is 13.1. The molecule has 0 amide bonds. The van der Waals surface area contributed by atoms with E-state index in [0.29, 0.717) is 25.7 Å². The minimum atomic E-state index is -4.98. The first kappa shape index (κ1) is 94.2. The summed E-state index contributed by atoms with van der Waals surface area (Å²) >= 11 is 0. The number of phosphoric acid groups is 2. The van der Waals surface area contributed by atoms with Crippen molar-refractivity contribution < 1.29 is 80.2 Å². The lowest BCUT2D eigenvalue weighted by Crippen LogP contribution is -2.30. The van der Waals surface area contributed by atoms with Crippen molar-refractivity contribution in [1.29, 1.82) is 0 Å². The van der Waals surface area contributed by atoms with Gasteiger partial charge in [0.2, 0.25) is 0 Å². The number of rotatable bonds is 73. The molecule has 0 saturated heterocycles. The van der Waals surface area contributed by atoms with E-state index in [1.165, 1.54) is 96.3 Å². The Morgan fingerprint density at radius 2 is 0.531 bits per heavy atom. The molecule has 0 aromatic carbocycles. The summed E-state index contributed by atoms with van der Waals surface area (Å²) in [5.41, 5.74) is 0. The summed E-state index contributed by atoms with van der Waals surface area (Å²) in [7, 11) is -9.95. The van der Waals surface area contributed by atoms with Gasteiger partial charge in [-0.05, 0) is 122 Å². The van der Waals surface area contributed by atoms with Crippen LogP contribution < -0.4 is 0 Å². The van der Waals surface area contributed by atoms with Crippen LogP contribution in [0, 0.1) is 0 Å². The number of phosphoric ester groups is 2. The number of hydrogen-bond acceptors (Lipinski definition) is 15. The Kier molecular flexibility index (Phi) is 68.9. The number of hydrogen-bond donors (Lipinski definition) is 3. The first-order valence-electron chi connectivity index (χ1n) is 38.8. The van der Waals surface area contributed by atoms with Crippen molar-refractivity contribution in [3.05, 3.63) is 85.1 Å². The van der Waals surface area contributed by atoms with E-state index >= 15 is 0 Å². The molecule has 0 heterocycles. The third-order valence-corrected chi connectivity index (χ3v) is 18.2. The highest BCUT2D eigenvalue weighted by Gasteiger charge is 2.30. The number of unbranched alkanes of at least 4 members (excludes halogenated alkanes) is 33. The van der Waals surface area contributed by atoms with Crippen LogP contribution in [0.15, 0.2) is 85.1 Å². The first-order valence-corrected chi connectivity index (χ1v) is 41.8. The predicted molar refractivity (Wildman–Crippen MR) is 399 cm³/mol. The van der Waals surface area contributed by atoms with Crippen LogP contribution in [0.2, 0.25) is 0 Å². The van der Waals surface area contributed by atoms with E-state index in [0.717, 1.165) is 161 Å². The van der Waals surface area contributed by atoms with Crippen LogP contribution in [-0.2, 0) is 65.4 Å². The number of allylic oxidation sites excluding steroid dienone is 14. The van der Waals surface area contributed by atoms with Crippen molar-refractivity contribution in [3.8, 4) is 0 Å². The van der Waals surface area contributed by atoms with Gasteiger partial charge in [0.1, 0.15) is 19.3 Å². The zero-order valence-corrected chi connectivity index (χ0v) is 63.7. The smallest absolute Gasteiger partial charge is 0.462 e. The Morgan fingerprint density at radius 3 is 0.857 bits per heavy atom. The lowest BCUT2D eigenvalue weighted by Gasteiger charge is -2.21. The quantitative estimate of drug-likeness (QED) is 0.0169. The average Bonchev–Trinajstić information content (AvgIpc) is 1.05. The summed E-state index contributed by atoms with van der Waals surface area (Å²) in [6, 6.07) is 0. The zero-order chi connectivity index (χ0) is 71.8. The first-order chi connectivity index (χ1) is 47.7. The van der Waals surface area contributed by atoms with Gasteiger partial charge in [0.15, 0.2) is 12.2 Å². The maximum atomic E-state index is 13.1. The van der Waals surface area contributed by atoms with Crippen molar-refractivity contribution in [2.24, 2.45) is 0 Å². The maximum Gasteiger partial charge on any atom is 0.472 e. The summed E-state index contributed by atoms with van der Waals surface area (Å²) in [4.78, 5) is 72.9. The van der Waals surface area contributed by atoms with Gasteiger partial charge in [0, 0.05) is 25.7 Å². The fourth-order valence-corrected chi connectivity index (χ4v) is 12.0. The van der Waals surface area contributed by atoms with E-state index in [1.54, 1.807) is 0 Å². The van der Waals surface area contributed by atoms with Gasteiger partial charge in [-0.1, -0.05) is 273 Å². The van der Waals surface area contributed by atoms with Crippen LogP contribution in [0.5, 0.6) is 0 Å². The molecule has 0 radical (unpaired) electrons. The van der Waals surface area contributed by atoms with Gasteiger partial charge in [-0.15, -0.1) is 0 Å². The van der Waals surface area contributed by atoms with Crippen molar-refractivity contribution in [3.63, 3.8) is 0 Å². The molecule has 0 bridgehead atoms. The largest absolute Gasteiger partial charge is 0.472 e. The van der Waals surface area contributed by atoms with Crippen LogP contribution in [0.3, 0.4) is 0 Å². The molecule has 0 aliphatic carbocycles. The number of esters is 4. The second-order valence-corrected chi connectivity index (χ2v) is 28.8. The van der Waals surface area contributed by atoms with Crippen LogP contribution >= 0.6 is 15.6 Å². The highest BCUT2D eigenvalue weighted by Crippen LogP contribution is 2.45. The third-order valence-electron chi connectivity index (χ3n) is 16.3. The lowest BCUT2D eigenvalue weighted by atomic mass is 10.0. The summed E-state index contributed by atoms with van der Waals surface area (Å²) < 4.78 is 68.5. The molecule has 5 unspecified atom stereocenters. The molecule has 98 heavy (non-hydrogen) atoms. The van der Waals surface area contributed by atoms with Crippen molar-refractivity contribution in [2.75, 3.05) is 39.6 Å². The van der Waals surface area contributed by atoms with Crippen LogP contribution in [0.4, 0.5) is 0 Å². The highest BCUT2D eigenvalue weighted by molar-refractivity contribution is 7.47. The number of aliphatic hydroxyl groups is 1. The van der Waals surface area contributed by atoms with Gasteiger partial charge in [-0.2, -0.15) is 0 Å². The van der Waals surface area contributed by atoms with E-state index in [1.807, 2.05) is 0 Å². The Morgan fingerprint density at radius 1 is 0.296 bits per heavy atom. The molecule has 0 fully saturated rings. The molecule has 0 aromatic rings. The Hall–Kier alpha value is -3.76. The van der Waals surface area contributed by atoms with Gasteiger partial charge in [0.05, 0.1) is 26.4 Å². The Labute approximate surface area is 595 Å². The fraction of sp³-hybridized carbons (Fsp3) is 0.772. The van der Waals surface area contributed by atoms with Gasteiger partial charge in [-0.3, -0.25) is 37.3 Å². The minimum absolute atomic E-state index is 0.0742. The molecule has 0 aliphatic heterocycles. The van der Waals surface area contributed by atoms with E-state index in [2.05, 4.69) is 113 Å². The van der Waals surface area contributed by atoms with Gasteiger partial charge in [-0.25, -0.2) is 9.13 Å². The van der Waals surface area contributed by atoms with Crippen molar-refractivity contribution in [1.82, 2.24) is 0 Å². The number of aliphatic hydroxyl groups excluding tert-OH is 1. The molecule has 17 nitrogen and oxygen atoms in total. The average molecular weight is 1420 g/mol. The second-order valence-electron chi connectivity index (χ2n) is 25.9. The van der Waals surface area contributed by atoms with Crippen molar-refractivity contribution in [2.45, 2.75) is 354 Å². The van der Waals surface area contributed by atoms with E-state index < -0.39 is 97.5 Å². The van der Waals surface area contributed by atoms with E-state index in [-0.39, 0.29) is 25.7 Å². The fourth-order valence-electron chi connectivity index (χ4n) is 10.4. The SMILES string of the molecule is CC/C=C\C/C=C\C/C=C\C/C=C\CCCCCCC(=O)OCC(COP(=O)(O)OCC(O)COP(=O)(O)OCC(COC(=O)CCCCCCC/C=C\CCCCCC)OC(=O)CCCCCCCCCCCCCCC)OC(=O)CCCCCCC/C=C\C/C=C\CCCCC. The topological polar surface area (TPSA) is 237 Å². The zero-order valence-electron chi connectivity index (χ0n) is 62.0. The molecule has 19 heteroatoms. The molecule has 5 atom stereocenters. The number of carbonyl (C=O) groups is 4. The van der Waals surface area contributed by atoms with E-state index in [4.69, 9.17) is 37.0 Å². The Balaban J connectivity index is 5.36. The van der Waals surface area contributed by atoms with Crippen LogP contribution in [0.1, 0.15) is 336 Å². The molecule has 568 valence electrons. The van der Waals surface area contributed by atoms with Crippen LogP contribution in [-0.4, -0.2) is 96.7 Å². The molecule has 0 aromatic heterocycles. The van der Waals surface area contributed by atoms with E-state index in [9.17, 15) is 43.2 Å². The minimum Gasteiger partial charge on any atom is -0.462 e. The molecule has 0 spiro atoms. The Bertz CT molecular complexity index is 2190. The lowest BCUT2D eigenvalue weighted by molar-refractivity contribution is -0.161. The molecule has 0 aliphatic rings. The van der Waals surface area contributed by atoms with Crippen LogP contribution in [0.25, 0.3) is 0 Å². The normalized spacial score (nSPS) is 14.4. The molecule has 0 saturated carbocycles. The molecule has 3 N–H and O–H groups in total. The molecular weight excluding hydrogens is 1280 g/mol. The molecular formula is C79H140O17P2. The van der Waals surface area contributed by atoms with Crippen molar-refractivity contribution >= 4 is 39.5 Å². The van der Waals surface area contributed by atoms with Gasteiger partial charge < -0.3 is 33.8 Å². The monoisotopic (exact) mass is 1420 g/mol. The summed E-state index contributed by atoms with van der Waals surface area (Å²) in [5.74, 6) is -2.21. The van der Waals surface area contributed by atoms with Gasteiger partial charge in [0.25, 0.3) is 0 Å². The molecule has 0 rings (SSSR count). The summed E-state index contributed by atoms with van der Waals surface area (Å²) in [6.07, 6.45) is 72.8. The number of ether oxygens (including phenoxy) is 4. The summed E-state index contributed by atoms with van der Waals surface area (Å²) in [6.45, 7) is 4.70. The standard InChI is InChI=1S/C79H140O17P2/c1-5-9-13-17-21-25-29-33-35-36-38-41-44-48-52-56-60-64-77(82)90-70-75(96-79(84)66-62-58-54-50-46-42-37-34-30-26-22-18-14-10-6-2)72-94-98(87,88)92-68-73(80)67-91-97(85,86)93-71-74(95-78(83)65-61-57-53-49-45-40-32-28-24-20-16-12-8-4)69-89-76(81)63-59-55-51-47-43-39-31-27-23-19-15-11-7-3/h9,13,21-22,25-27,31,33-35,37-38,41,73-75,80H,5-8,10-12,14-20,23-24,28-30,32,36,39-40,42-72H2,1-4H3,(H,85,86)(H,87,88)/b13-9-,25-21-,26-22-,31-27-,35-33-,37-34-,41-38-. The number of carbonyl (C=O) groups excluding carboxylic acids is 4. The predicted octanol–water partition coefficient (Wildman–Crippen LogP) is 22.2. The highest BCUT2D eigenvalue weighted by atomic mass is 31.2. The third kappa shape index (κ3) is 70.7.